The largest absolute Gasteiger partial charge is 0.355 e. The van der Waals surface area contributed by atoms with E-state index < -0.39 is 0 Å². The SMILES string of the molecule is Cc1ccc(-c2csc(N[C@H](C)c3ccccc3)n2)cc1C. The van der Waals surface area contributed by atoms with Gasteiger partial charge < -0.3 is 5.32 Å². The van der Waals surface area contributed by atoms with Gasteiger partial charge in [0.15, 0.2) is 5.13 Å². The minimum atomic E-state index is 0.250. The molecule has 0 saturated heterocycles. The first-order chi connectivity index (χ1) is 10.6. The summed E-state index contributed by atoms with van der Waals surface area (Å²) in [6.07, 6.45) is 0. The zero-order chi connectivity index (χ0) is 15.5. The molecule has 1 atom stereocenters. The summed E-state index contributed by atoms with van der Waals surface area (Å²) in [5.74, 6) is 0. The standard InChI is InChI=1S/C19H20N2S/c1-13-9-10-17(11-14(13)2)18-12-22-19(21-18)20-15(3)16-7-5-4-6-8-16/h4-12,15H,1-3H3,(H,20,21)/t15-/m1/s1. The van der Waals surface area contributed by atoms with Crippen molar-refractivity contribution >= 4 is 16.5 Å². The first-order valence-corrected chi connectivity index (χ1v) is 8.36. The summed E-state index contributed by atoms with van der Waals surface area (Å²) < 4.78 is 0. The molecule has 3 heteroatoms. The van der Waals surface area contributed by atoms with Crippen molar-refractivity contribution in [1.29, 1.82) is 0 Å². The van der Waals surface area contributed by atoms with E-state index in [2.05, 4.69) is 73.9 Å². The van der Waals surface area contributed by atoms with E-state index in [0.717, 1.165) is 10.8 Å². The molecule has 22 heavy (non-hydrogen) atoms. The third-order valence-electron chi connectivity index (χ3n) is 3.95. The lowest BCUT2D eigenvalue weighted by atomic mass is 10.1. The maximum atomic E-state index is 4.72. The van der Waals surface area contributed by atoms with Crippen molar-refractivity contribution in [3.05, 3.63) is 70.6 Å². The lowest BCUT2D eigenvalue weighted by Crippen LogP contribution is -2.05. The van der Waals surface area contributed by atoms with E-state index in [1.54, 1.807) is 11.3 Å². The number of rotatable bonds is 4. The van der Waals surface area contributed by atoms with Crippen LogP contribution in [-0.2, 0) is 0 Å². The Bertz CT molecular complexity index is 762. The summed E-state index contributed by atoms with van der Waals surface area (Å²) in [5, 5.41) is 6.56. The molecule has 0 bridgehead atoms. The van der Waals surface area contributed by atoms with E-state index in [1.807, 2.05) is 6.07 Å². The fraction of sp³-hybridized carbons (Fsp3) is 0.211. The molecule has 0 unspecified atom stereocenters. The van der Waals surface area contributed by atoms with E-state index in [9.17, 15) is 0 Å². The third-order valence-corrected chi connectivity index (χ3v) is 4.72. The zero-order valence-corrected chi connectivity index (χ0v) is 13.9. The Hall–Kier alpha value is -2.13. The maximum Gasteiger partial charge on any atom is 0.183 e. The Balaban J connectivity index is 1.77. The van der Waals surface area contributed by atoms with Gasteiger partial charge in [0.1, 0.15) is 0 Å². The molecular formula is C19H20N2S. The molecule has 0 amide bonds. The molecule has 2 aromatic carbocycles. The predicted molar refractivity (Wildman–Crippen MR) is 95.5 cm³/mol. The van der Waals surface area contributed by atoms with Gasteiger partial charge in [0.2, 0.25) is 0 Å². The average Bonchev–Trinajstić information content (AvgIpc) is 2.99. The molecule has 2 nitrogen and oxygen atoms in total. The lowest BCUT2D eigenvalue weighted by molar-refractivity contribution is 0.882. The van der Waals surface area contributed by atoms with Crippen LogP contribution in [-0.4, -0.2) is 4.98 Å². The number of hydrogen-bond donors (Lipinski definition) is 1. The number of aryl methyl sites for hydroxylation is 2. The number of benzene rings is 2. The molecular weight excluding hydrogens is 288 g/mol. The van der Waals surface area contributed by atoms with Crippen molar-refractivity contribution in [3.8, 4) is 11.3 Å². The van der Waals surface area contributed by atoms with Crippen LogP contribution in [0, 0.1) is 13.8 Å². The Labute approximate surface area is 135 Å². The normalized spacial score (nSPS) is 12.1. The van der Waals surface area contributed by atoms with Gasteiger partial charge in [-0.1, -0.05) is 42.5 Å². The Kier molecular flexibility index (Phi) is 4.25. The van der Waals surface area contributed by atoms with Crippen molar-refractivity contribution in [1.82, 2.24) is 4.98 Å². The van der Waals surface area contributed by atoms with Gasteiger partial charge in [-0.25, -0.2) is 4.98 Å². The molecule has 0 fully saturated rings. The highest BCUT2D eigenvalue weighted by Crippen LogP contribution is 2.28. The van der Waals surface area contributed by atoms with E-state index in [1.165, 1.54) is 22.3 Å². The minimum absolute atomic E-state index is 0.250. The molecule has 0 saturated carbocycles. The van der Waals surface area contributed by atoms with Gasteiger partial charge in [0.05, 0.1) is 11.7 Å². The van der Waals surface area contributed by atoms with Gasteiger partial charge >= 0.3 is 0 Å². The van der Waals surface area contributed by atoms with Crippen LogP contribution in [0.25, 0.3) is 11.3 Å². The molecule has 1 heterocycles. The van der Waals surface area contributed by atoms with Gasteiger partial charge in [-0.05, 0) is 43.5 Å². The van der Waals surface area contributed by atoms with Gasteiger partial charge in [0, 0.05) is 10.9 Å². The zero-order valence-electron chi connectivity index (χ0n) is 13.1. The molecule has 1 aromatic heterocycles. The van der Waals surface area contributed by atoms with Crippen LogP contribution in [0.3, 0.4) is 0 Å². The van der Waals surface area contributed by atoms with Crippen molar-refractivity contribution < 1.29 is 0 Å². The molecule has 1 N–H and O–H groups in total. The molecule has 0 spiro atoms. The summed E-state index contributed by atoms with van der Waals surface area (Å²) >= 11 is 1.66. The molecule has 0 radical (unpaired) electrons. The number of nitrogens with zero attached hydrogens (tertiary/aromatic N) is 1. The summed E-state index contributed by atoms with van der Waals surface area (Å²) in [6, 6.07) is 17.2. The number of nitrogens with one attached hydrogen (secondary N) is 1. The van der Waals surface area contributed by atoms with Gasteiger partial charge in [0.25, 0.3) is 0 Å². The number of aromatic nitrogens is 1. The first kappa shape index (κ1) is 14.8. The summed E-state index contributed by atoms with van der Waals surface area (Å²) in [6.45, 7) is 6.43. The monoisotopic (exact) mass is 308 g/mol. The second kappa shape index (κ2) is 6.32. The van der Waals surface area contributed by atoms with E-state index in [-0.39, 0.29) is 6.04 Å². The van der Waals surface area contributed by atoms with E-state index in [0.29, 0.717) is 0 Å². The maximum absolute atomic E-state index is 4.72. The van der Waals surface area contributed by atoms with Gasteiger partial charge in [-0.3, -0.25) is 0 Å². The first-order valence-electron chi connectivity index (χ1n) is 7.48. The van der Waals surface area contributed by atoms with Crippen molar-refractivity contribution in [2.45, 2.75) is 26.8 Å². The molecule has 3 rings (SSSR count). The van der Waals surface area contributed by atoms with Crippen LogP contribution in [0.4, 0.5) is 5.13 Å². The van der Waals surface area contributed by atoms with E-state index in [4.69, 9.17) is 4.98 Å². The van der Waals surface area contributed by atoms with Crippen LogP contribution in [0.1, 0.15) is 29.7 Å². The smallest absolute Gasteiger partial charge is 0.183 e. The number of hydrogen-bond acceptors (Lipinski definition) is 3. The fourth-order valence-electron chi connectivity index (χ4n) is 2.38. The summed E-state index contributed by atoms with van der Waals surface area (Å²) in [5.41, 5.74) is 6.11. The highest BCUT2D eigenvalue weighted by Gasteiger charge is 2.09. The van der Waals surface area contributed by atoms with Crippen LogP contribution >= 0.6 is 11.3 Å². The Morgan fingerprint density at radius 3 is 2.50 bits per heavy atom. The van der Waals surface area contributed by atoms with Crippen LogP contribution in [0.2, 0.25) is 0 Å². The highest BCUT2D eigenvalue weighted by atomic mass is 32.1. The third kappa shape index (κ3) is 3.20. The van der Waals surface area contributed by atoms with Crippen molar-refractivity contribution in [3.63, 3.8) is 0 Å². The Morgan fingerprint density at radius 2 is 1.77 bits per heavy atom. The summed E-state index contributed by atoms with van der Waals surface area (Å²) in [7, 11) is 0. The van der Waals surface area contributed by atoms with Crippen LogP contribution < -0.4 is 5.32 Å². The lowest BCUT2D eigenvalue weighted by Gasteiger charge is -2.12. The highest BCUT2D eigenvalue weighted by molar-refractivity contribution is 7.14. The quantitative estimate of drug-likeness (QED) is 0.678. The van der Waals surface area contributed by atoms with Crippen LogP contribution in [0.15, 0.2) is 53.9 Å². The predicted octanol–water partition coefficient (Wildman–Crippen LogP) is 5.60. The molecule has 0 aliphatic rings. The topological polar surface area (TPSA) is 24.9 Å². The molecule has 3 aromatic rings. The average molecular weight is 308 g/mol. The van der Waals surface area contributed by atoms with Crippen molar-refractivity contribution in [2.75, 3.05) is 5.32 Å². The summed E-state index contributed by atoms with van der Waals surface area (Å²) in [4.78, 5) is 4.72. The van der Waals surface area contributed by atoms with Crippen LogP contribution in [0.5, 0.6) is 0 Å². The molecule has 0 aliphatic heterocycles. The fourth-order valence-corrected chi connectivity index (χ4v) is 3.19. The van der Waals surface area contributed by atoms with Gasteiger partial charge in [-0.2, -0.15) is 0 Å². The van der Waals surface area contributed by atoms with Gasteiger partial charge in [-0.15, -0.1) is 11.3 Å². The molecule has 0 aliphatic carbocycles. The second-order valence-corrected chi connectivity index (χ2v) is 6.47. The Morgan fingerprint density at radius 1 is 1.00 bits per heavy atom. The van der Waals surface area contributed by atoms with E-state index >= 15 is 0 Å². The second-order valence-electron chi connectivity index (χ2n) is 5.61. The number of anilines is 1. The number of thiazole rings is 1. The molecule has 112 valence electrons. The minimum Gasteiger partial charge on any atom is -0.355 e. The van der Waals surface area contributed by atoms with Crippen molar-refractivity contribution in [2.24, 2.45) is 0 Å².